The van der Waals surface area contributed by atoms with E-state index >= 15 is 0 Å². The molecule has 0 bridgehead atoms. The van der Waals surface area contributed by atoms with E-state index < -0.39 is 30.2 Å². The van der Waals surface area contributed by atoms with E-state index in [1.54, 1.807) is 0 Å². The number of hydrogen-bond acceptors (Lipinski definition) is 4. The molecule has 6 nitrogen and oxygen atoms in total. The molecule has 2 atom stereocenters. The molecule has 0 aliphatic heterocycles. The second-order valence-corrected chi connectivity index (χ2v) is 14.9. The van der Waals surface area contributed by atoms with Crippen molar-refractivity contribution in [3.63, 3.8) is 0 Å². The van der Waals surface area contributed by atoms with Crippen molar-refractivity contribution in [2.45, 2.75) is 75.7 Å². The number of H-pyrrole nitrogens is 2. The van der Waals surface area contributed by atoms with E-state index in [0.29, 0.717) is 24.2 Å². The van der Waals surface area contributed by atoms with Crippen molar-refractivity contribution in [3.05, 3.63) is 72.1 Å². The van der Waals surface area contributed by atoms with Crippen LogP contribution in [-0.2, 0) is 19.7 Å². The van der Waals surface area contributed by atoms with Crippen molar-refractivity contribution < 1.29 is 16.8 Å². The molecule has 8 heteroatoms. The Morgan fingerprint density at radius 2 is 1.00 bits per heavy atom. The van der Waals surface area contributed by atoms with Crippen LogP contribution in [0.2, 0.25) is 0 Å². The normalized spacial score (nSPS) is 14.3. The summed E-state index contributed by atoms with van der Waals surface area (Å²) in [5.41, 5.74) is 3.05. The monoisotopic (exact) mass is 556 g/mol. The zero-order chi connectivity index (χ0) is 27.2. The predicted octanol–water partition coefficient (Wildman–Crippen LogP) is 7.42. The molecule has 2 heterocycles. The molecule has 0 radical (unpaired) electrons. The van der Waals surface area contributed by atoms with Gasteiger partial charge in [-0.25, -0.2) is 16.8 Å². The molecule has 0 amide bonds. The van der Waals surface area contributed by atoms with Crippen LogP contribution in [0.25, 0.3) is 21.8 Å². The summed E-state index contributed by atoms with van der Waals surface area (Å²) < 4.78 is 54.6. The zero-order valence-electron chi connectivity index (χ0n) is 22.4. The molecule has 0 fully saturated rings. The summed E-state index contributed by atoms with van der Waals surface area (Å²) in [5, 5.41) is 0.333. The molecule has 2 N–H and O–H groups in total. The molecule has 4 rings (SSSR count). The summed E-state index contributed by atoms with van der Waals surface area (Å²) in [6, 6.07) is 19.3. The van der Waals surface area contributed by atoms with Gasteiger partial charge in [-0.05, 0) is 60.7 Å². The molecule has 2 aromatic heterocycles. The van der Waals surface area contributed by atoms with Gasteiger partial charge in [0.1, 0.15) is 10.5 Å². The maximum absolute atomic E-state index is 13.7. The summed E-state index contributed by atoms with van der Waals surface area (Å²) in [7, 11) is -7.00. The second-order valence-electron chi connectivity index (χ2n) is 10.3. The molecule has 2 aromatic carbocycles. The third-order valence-corrected chi connectivity index (χ3v) is 11.8. The number of sulfone groups is 2. The number of rotatable bonds is 15. The first-order valence-corrected chi connectivity index (χ1v) is 17.3. The first kappa shape index (κ1) is 28.4. The highest BCUT2D eigenvalue weighted by Gasteiger charge is 2.34. The lowest BCUT2D eigenvalue weighted by Crippen LogP contribution is -2.22. The highest BCUT2D eigenvalue weighted by Crippen LogP contribution is 2.37. The lowest BCUT2D eigenvalue weighted by atomic mass is 10.1. The molecule has 206 valence electrons. The van der Waals surface area contributed by atoms with Crippen molar-refractivity contribution in [3.8, 4) is 0 Å². The van der Waals surface area contributed by atoms with Gasteiger partial charge in [0.05, 0.1) is 11.5 Å². The summed E-state index contributed by atoms with van der Waals surface area (Å²) >= 11 is 0. The Labute approximate surface area is 227 Å². The average molecular weight is 557 g/mol. The first-order valence-electron chi connectivity index (χ1n) is 13.8. The third kappa shape index (κ3) is 6.70. The predicted molar refractivity (Wildman–Crippen MR) is 158 cm³/mol. The molecule has 0 aliphatic carbocycles. The number of aromatic amines is 2. The van der Waals surface area contributed by atoms with Gasteiger partial charge in [-0.2, -0.15) is 0 Å². The van der Waals surface area contributed by atoms with E-state index in [4.69, 9.17) is 0 Å². The van der Waals surface area contributed by atoms with Crippen molar-refractivity contribution >= 4 is 41.5 Å². The molecule has 38 heavy (non-hydrogen) atoms. The van der Waals surface area contributed by atoms with Crippen molar-refractivity contribution in [1.82, 2.24) is 9.97 Å². The van der Waals surface area contributed by atoms with Gasteiger partial charge in [-0.1, -0.05) is 75.9 Å². The van der Waals surface area contributed by atoms with Crippen LogP contribution >= 0.6 is 0 Å². The van der Waals surface area contributed by atoms with E-state index in [-0.39, 0.29) is 24.3 Å². The quantitative estimate of drug-likeness (QED) is 0.149. The highest BCUT2D eigenvalue weighted by molar-refractivity contribution is 7.92. The first-order chi connectivity index (χ1) is 18.2. The van der Waals surface area contributed by atoms with Gasteiger partial charge in [0, 0.05) is 22.4 Å². The zero-order valence-corrected chi connectivity index (χ0v) is 24.1. The van der Waals surface area contributed by atoms with Crippen LogP contribution in [0.15, 0.2) is 60.7 Å². The van der Waals surface area contributed by atoms with Gasteiger partial charge in [-0.3, -0.25) is 0 Å². The Morgan fingerprint density at radius 1 is 0.605 bits per heavy atom. The second kappa shape index (κ2) is 12.5. The molecule has 0 aliphatic rings. The Bertz CT molecular complexity index is 1370. The topological polar surface area (TPSA) is 99.9 Å². The maximum Gasteiger partial charge on any atom is 0.158 e. The SMILES string of the molecule is CCCCCS(=O)(=O)C(CCC(c1cc2ccccc2[nH]1)S(=O)(=O)CCCCC)c1cc2ccccc2[nH]1. The Balaban J connectivity index is 1.69. The van der Waals surface area contributed by atoms with Crippen LogP contribution in [0.4, 0.5) is 0 Å². The van der Waals surface area contributed by atoms with Gasteiger partial charge in [0.15, 0.2) is 19.7 Å². The molecule has 0 spiro atoms. The molecular weight excluding hydrogens is 516 g/mol. The fourth-order valence-corrected chi connectivity index (χ4v) is 9.09. The van der Waals surface area contributed by atoms with Crippen LogP contribution < -0.4 is 0 Å². The minimum atomic E-state index is -3.50. The fraction of sp³-hybridized carbons (Fsp3) is 0.467. The molecule has 4 aromatic rings. The Kier molecular flexibility index (Phi) is 9.36. The van der Waals surface area contributed by atoms with Gasteiger partial charge < -0.3 is 9.97 Å². The van der Waals surface area contributed by atoms with Crippen molar-refractivity contribution in [2.24, 2.45) is 0 Å². The Hall–Kier alpha value is -2.58. The lowest BCUT2D eigenvalue weighted by Gasteiger charge is -2.21. The average Bonchev–Trinajstić information content (AvgIpc) is 3.50. The van der Waals surface area contributed by atoms with Crippen LogP contribution in [0.5, 0.6) is 0 Å². The summed E-state index contributed by atoms with van der Waals surface area (Å²) in [5.74, 6) is 0.197. The van der Waals surface area contributed by atoms with Gasteiger partial charge in [0.25, 0.3) is 0 Å². The molecule has 2 unspecified atom stereocenters. The standard InChI is InChI=1S/C30H40N2O4S2/c1-3-5-11-19-37(33,34)29(27-21-23-13-7-9-15-25(23)31-27)17-18-30(38(35,36)20-12-6-4-2)28-22-24-14-8-10-16-26(24)32-28/h7-10,13-16,21-22,29-32H,3-6,11-12,17-20H2,1-2H3. The number of benzene rings is 2. The van der Waals surface area contributed by atoms with Gasteiger partial charge >= 0.3 is 0 Å². The number of aromatic nitrogens is 2. The van der Waals surface area contributed by atoms with E-state index in [1.807, 2.05) is 60.7 Å². The molecule has 0 saturated heterocycles. The lowest BCUT2D eigenvalue weighted by molar-refractivity contribution is 0.544. The van der Waals surface area contributed by atoms with Gasteiger partial charge in [-0.15, -0.1) is 0 Å². The highest BCUT2D eigenvalue weighted by atomic mass is 32.2. The summed E-state index contributed by atoms with van der Waals surface area (Å²) in [4.78, 5) is 6.64. The van der Waals surface area contributed by atoms with Crippen LogP contribution in [0.1, 0.15) is 87.1 Å². The van der Waals surface area contributed by atoms with E-state index in [0.717, 1.165) is 47.5 Å². The summed E-state index contributed by atoms with van der Waals surface area (Å²) in [6.45, 7) is 4.10. The molecular formula is C30H40N2O4S2. The molecule has 0 saturated carbocycles. The van der Waals surface area contributed by atoms with E-state index in [1.165, 1.54) is 0 Å². The number of nitrogens with one attached hydrogen (secondary N) is 2. The van der Waals surface area contributed by atoms with E-state index in [2.05, 4.69) is 23.8 Å². The number of unbranched alkanes of at least 4 members (excludes halogenated alkanes) is 4. The van der Waals surface area contributed by atoms with Crippen LogP contribution in [0.3, 0.4) is 0 Å². The van der Waals surface area contributed by atoms with E-state index in [9.17, 15) is 16.8 Å². The van der Waals surface area contributed by atoms with Crippen LogP contribution in [0, 0.1) is 0 Å². The largest absolute Gasteiger partial charge is 0.357 e. The fourth-order valence-electron chi connectivity index (χ4n) is 5.29. The minimum absolute atomic E-state index is 0.0984. The minimum Gasteiger partial charge on any atom is -0.357 e. The van der Waals surface area contributed by atoms with Crippen molar-refractivity contribution in [1.29, 1.82) is 0 Å². The number of hydrogen-bond donors (Lipinski definition) is 2. The van der Waals surface area contributed by atoms with Gasteiger partial charge in [0.2, 0.25) is 0 Å². The smallest absolute Gasteiger partial charge is 0.158 e. The maximum atomic E-state index is 13.7. The van der Waals surface area contributed by atoms with Crippen molar-refractivity contribution in [2.75, 3.05) is 11.5 Å². The third-order valence-electron chi connectivity index (χ3n) is 7.42. The van der Waals surface area contributed by atoms with Crippen LogP contribution in [-0.4, -0.2) is 38.3 Å². The number of fused-ring (bicyclic) bond motifs is 2. The summed E-state index contributed by atoms with van der Waals surface area (Å²) in [6.07, 6.45) is 5.25. The Morgan fingerprint density at radius 3 is 1.37 bits per heavy atom. The number of para-hydroxylation sites is 2.